The van der Waals surface area contributed by atoms with Crippen LogP contribution < -0.4 is 4.46 Å². The summed E-state index contributed by atoms with van der Waals surface area (Å²) >= 11 is 0.463. The molecular weight excluding hydrogens is 491 g/mol. The Hall–Kier alpha value is -0.721. The van der Waals surface area contributed by atoms with Gasteiger partial charge in [0.2, 0.25) is 0 Å². The minimum atomic E-state index is 0.404. The summed E-state index contributed by atoms with van der Waals surface area (Å²) in [6, 6.07) is 0. The van der Waals surface area contributed by atoms with E-state index < -0.39 is 0 Å². The molecule has 0 spiro atoms. The first-order valence-corrected chi connectivity index (χ1v) is 16.3. The van der Waals surface area contributed by atoms with Gasteiger partial charge in [-0.2, -0.15) is 0 Å². The summed E-state index contributed by atoms with van der Waals surface area (Å²) in [5, 5.41) is 10.5. The Morgan fingerprint density at radius 2 is 1.46 bits per heavy atom. The van der Waals surface area contributed by atoms with Crippen LogP contribution in [0.25, 0.3) is 0 Å². The number of hydrogen-bond donors (Lipinski definition) is 1. The molecule has 3 atom stereocenters. The average Bonchev–Trinajstić information content (AvgIpc) is 2.80. The summed E-state index contributed by atoms with van der Waals surface area (Å²) in [4.78, 5) is 0. The molecule has 2 heteroatoms. The third-order valence-electron chi connectivity index (χ3n) is 8.62. The Labute approximate surface area is 225 Å². The van der Waals surface area contributed by atoms with E-state index in [9.17, 15) is 5.11 Å². The molecule has 200 valence electrons. The Balaban J connectivity index is 1.72. The topological polar surface area (TPSA) is 20.2 Å². The minimum Gasteiger partial charge on any atom is -0.0628 e. The van der Waals surface area contributed by atoms with E-state index in [-0.39, 0.29) is 0 Å². The van der Waals surface area contributed by atoms with Gasteiger partial charge in [0.1, 0.15) is 0 Å². The van der Waals surface area contributed by atoms with Gasteiger partial charge in [-0.1, -0.05) is 40.0 Å². The molecule has 1 nitrogen and oxygen atoms in total. The molecule has 1 aromatic carbocycles. The van der Waals surface area contributed by atoms with Crippen LogP contribution in [0.2, 0.25) is 4.31 Å². The summed E-state index contributed by atoms with van der Waals surface area (Å²) < 4.78 is 1.98. The van der Waals surface area contributed by atoms with Gasteiger partial charge in [0.25, 0.3) is 0 Å². The van der Waals surface area contributed by atoms with Crippen LogP contribution >= 0.6 is 0 Å². The van der Waals surface area contributed by atoms with E-state index in [2.05, 4.69) is 68.4 Å². The quantitative estimate of drug-likeness (QED) is 0.182. The van der Waals surface area contributed by atoms with Crippen molar-refractivity contribution in [2.75, 3.05) is 0 Å². The summed E-state index contributed by atoms with van der Waals surface area (Å²) in [7, 11) is 0. The molecule has 0 saturated heterocycles. The molecule has 1 unspecified atom stereocenters. The normalized spacial score (nSPS) is 20.2. The van der Waals surface area contributed by atoms with Crippen molar-refractivity contribution in [1.29, 1.82) is 0 Å². The van der Waals surface area contributed by atoms with E-state index >= 15 is 0 Å². The maximum absolute atomic E-state index is 10.5. The van der Waals surface area contributed by atoms with Crippen molar-refractivity contribution in [1.82, 2.24) is 0 Å². The minimum absolute atomic E-state index is 0.404. The average molecular weight is 548 g/mol. The Kier molecular flexibility index (Phi) is 12.4. The molecule has 0 bridgehead atoms. The summed E-state index contributed by atoms with van der Waals surface area (Å²) in [5.74, 6) is 3.16. The summed E-state index contributed by atoms with van der Waals surface area (Å²) in [6.07, 6.45) is 18.6. The van der Waals surface area contributed by atoms with Crippen LogP contribution in [-0.4, -0.2) is 20.1 Å². The van der Waals surface area contributed by atoms with Crippen LogP contribution in [0, 0.1) is 38.5 Å². The van der Waals surface area contributed by atoms with Gasteiger partial charge in [0.15, 0.2) is 0 Å². The number of hydrogen-bond acceptors (Lipinski definition) is 1. The molecule has 0 fully saturated rings. The number of phenols is 1. The van der Waals surface area contributed by atoms with Gasteiger partial charge in [0, 0.05) is 0 Å². The maximum atomic E-state index is 10.5. The predicted octanol–water partition coefficient (Wildman–Crippen LogP) is 9.55. The number of fused-ring (bicyclic) bond motifs is 1. The van der Waals surface area contributed by atoms with Crippen LogP contribution in [0.5, 0.6) is 5.75 Å². The van der Waals surface area contributed by atoms with E-state index in [0.29, 0.717) is 25.0 Å². The fourth-order valence-corrected chi connectivity index (χ4v) is 8.89. The zero-order chi connectivity index (χ0) is 26.2. The number of benzene rings is 1. The second-order valence-corrected chi connectivity index (χ2v) is 16.0. The van der Waals surface area contributed by atoms with Crippen molar-refractivity contribution in [3.05, 3.63) is 33.9 Å². The van der Waals surface area contributed by atoms with Gasteiger partial charge in [-0.25, -0.2) is 0 Å². The van der Waals surface area contributed by atoms with Crippen molar-refractivity contribution < 1.29 is 5.11 Å². The van der Waals surface area contributed by atoms with Gasteiger partial charge in [-0.15, -0.1) is 0 Å². The molecule has 0 amide bonds. The van der Waals surface area contributed by atoms with E-state index in [0.717, 1.165) is 35.3 Å². The van der Waals surface area contributed by atoms with Gasteiger partial charge in [-0.3, -0.25) is 0 Å². The zero-order valence-corrected chi connectivity index (χ0v) is 26.4. The van der Waals surface area contributed by atoms with Crippen molar-refractivity contribution in [3.63, 3.8) is 0 Å². The predicted molar refractivity (Wildman–Crippen MR) is 157 cm³/mol. The number of rotatable bonds is 14. The number of phenolic OH excluding ortho intramolecular Hbond substituents is 1. The van der Waals surface area contributed by atoms with Crippen molar-refractivity contribution in [3.8, 4) is 5.75 Å². The Morgan fingerprint density at radius 1 is 0.886 bits per heavy atom. The van der Waals surface area contributed by atoms with E-state index in [1.807, 2.05) is 0 Å². The Bertz CT molecular complexity index is 836. The molecule has 1 heterocycles. The van der Waals surface area contributed by atoms with Gasteiger partial charge in [-0.05, 0) is 5.92 Å². The first-order chi connectivity index (χ1) is 16.4. The van der Waals surface area contributed by atoms with E-state index in [4.69, 9.17) is 0 Å². The van der Waals surface area contributed by atoms with Crippen molar-refractivity contribution in [2.24, 2.45) is 17.8 Å². The Morgan fingerprint density at radius 3 is 2.06 bits per heavy atom. The fraction of sp³-hybridized carbons (Fsp3) is 0.758. The number of aromatic hydroxyl groups is 1. The fourth-order valence-electron chi connectivity index (χ4n) is 5.64. The molecule has 1 aliphatic heterocycles. The van der Waals surface area contributed by atoms with Crippen molar-refractivity contribution >= 4 is 19.4 Å². The first kappa shape index (κ1) is 30.5. The summed E-state index contributed by atoms with van der Waals surface area (Å²) in [6.45, 7) is 20.9. The van der Waals surface area contributed by atoms with Crippen LogP contribution in [0.1, 0.15) is 134 Å². The molecule has 1 aromatic rings. The molecule has 0 radical (unpaired) electrons. The molecule has 1 aliphatic rings. The monoisotopic (exact) mass is 548 g/mol. The molecular formula is C33H56OSe. The second kappa shape index (κ2) is 14.3. The second-order valence-electron chi connectivity index (χ2n) is 12.7. The molecule has 2 rings (SSSR count). The van der Waals surface area contributed by atoms with E-state index in [1.54, 1.807) is 10.0 Å². The van der Waals surface area contributed by atoms with Crippen LogP contribution in [0.4, 0.5) is 0 Å². The molecule has 0 saturated carbocycles. The van der Waals surface area contributed by atoms with Crippen LogP contribution in [0.3, 0.4) is 0 Å². The van der Waals surface area contributed by atoms with Crippen molar-refractivity contribution in [2.45, 2.75) is 144 Å². The first-order valence-electron chi connectivity index (χ1n) is 14.6. The van der Waals surface area contributed by atoms with Gasteiger partial charge >= 0.3 is 180 Å². The third kappa shape index (κ3) is 9.59. The SMILES string of the molecule is C/C(=C\CC1(C)CCc2c(C)c(O)c(C)c(C)c2[Se]1)CCC[C@H](C)CCC[C@H](C)CCCC(C)C. The van der Waals surface area contributed by atoms with Crippen LogP contribution in [0.15, 0.2) is 11.6 Å². The molecule has 35 heavy (non-hydrogen) atoms. The van der Waals surface area contributed by atoms with Gasteiger partial charge < -0.3 is 0 Å². The van der Waals surface area contributed by atoms with E-state index in [1.165, 1.54) is 81.8 Å². The third-order valence-corrected chi connectivity index (χ3v) is 12.0. The summed E-state index contributed by atoms with van der Waals surface area (Å²) in [5.41, 5.74) is 6.60. The molecule has 0 aromatic heterocycles. The molecule has 0 aliphatic carbocycles. The standard InChI is InChI=1S/C33H56OSe/c1-23(2)13-10-14-24(3)15-11-16-25(4)17-12-18-26(5)19-21-33(9)22-20-30-29(8)31(34)27(6)28(7)32(30)35-33/h19,23-25,34H,10-18,20-22H2,1-9H3/b26-19+/t24-,25-,33?/m1/s1. The zero-order valence-electron chi connectivity index (χ0n) is 24.7. The number of allylic oxidation sites excluding steroid dienone is 2. The van der Waals surface area contributed by atoms with Crippen LogP contribution in [-0.2, 0) is 6.42 Å². The smallest absolute Gasteiger partial charge is 0.0628 e. The molecule has 1 N–H and O–H groups in total. The van der Waals surface area contributed by atoms with Gasteiger partial charge in [0.05, 0.1) is 0 Å².